The van der Waals surface area contributed by atoms with Crippen LogP contribution in [0.5, 0.6) is 0 Å². The molecule has 3 rings (SSSR count). The fraction of sp³-hybridized carbons (Fsp3) is 0.889. The van der Waals surface area contributed by atoms with E-state index >= 15 is 0 Å². The van der Waals surface area contributed by atoms with Gasteiger partial charge in [0.2, 0.25) is 15.9 Å². The van der Waals surface area contributed by atoms with Gasteiger partial charge in [0.25, 0.3) is 0 Å². The molecule has 13 heteroatoms. The number of carboxylic acids is 1. The van der Waals surface area contributed by atoms with E-state index in [0.29, 0.717) is 32.2 Å². The molecule has 12 nitrogen and oxygen atoms in total. The van der Waals surface area contributed by atoms with E-state index in [4.69, 9.17) is 0 Å². The summed E-state index contributed by atoms with van der Waals surface area (Å²) >= 11 is 0. The number of carboxylic acid groups (broad SMARTS) is 1. The van der Waals surface area contributed by atoms with Crippen LogP contribution >= 0.6 is 0 Å². The fourth-order valence-corrected chi connectivity index (χ4v) is 6.37. The molecule has 5 N–H and O–H groups in total. The number of urea groups is 1. The Bertz CT molecular complexity index is 1030. The highest BCUT2D eigenvalue weighted by Crippen LogP contribution is 2.48. The van der Waals surface area contributed by atoms with Crippen LogP contribution in [0.3, 0.4) is 0 Å². The summed E-state index contributed by atoms with van der Waals surface area (Å²) < 4.78 is 25.2. The van der Waals surface area contributed by atoms with Gasteiger partial charge in [-0.15, -0.1) is 0 Å². The van der Waals surface area contributed by atoms with Crippen LogP contribution in [0.4, 0.5) is 4.79 Å². The van der Waals surface area contributed by atoms with E-state index in [1.807, 2.05) is 20.8 Å². The zero-order chi connectivity index (χ0) is 29.9. The summed E-state index contributed by atoms with van der Waals surface area (Å²) in [7, 11) is -1.99. The summed E-state index contributed by atoms with van der Waals surface area (Å²) in [6, 6.07) is -2.49. The van der Waals surface area contributed by atoms with Crippen molar-refractivity contribution in [3.05, 3.63) is 0 Å². The molecule has 3 unspecified atom stereocenters. The van der Waals surface area contributed by atoms with Crippen LogP contribution in [-0.4, -0.2) is 102 Å². The molecule has 40 heavy (non-hydrogen) atoms. The van der Waals surface area contributed by atoms with Crippen LogP contribution in [0, 0.1) is 11.3 Å². The molecule has 1 aliphatic carbocycles. The van der Waals surface area contributed by atoms with Gasteiger partial charge >= 0.3 is 12.0 Å². The van der Waals surface area contributed by atoms with Gasteiger partial charge in [0.05, 0.1) is 12.3 Å². The van der Waals surface area contributed by atoms with Gasteiger partial charge in [-0.2, -0.15) is 0 Å². The zero-order valence-electron chi connectivity index (χ0n) is 24.6. The molecule has 0 radical (unpaired) electrons. The molecule has 2 heterocycles. The summed E-state index contributed by atoms with van der Waals surface area (Å²) in [4.78, 5) is 40.7. The maximum Gasteiger partial charge on any atom is 0.324 e. The number of likely N-dealkylation sites (N-methyl/N-ethyl adjacent to an activating group) is 1. The van der Waals surface area contributed by atoms with E-state index in [0.717, 1.165) is 44.8 Å². The van der Waals surface area contributed by atoms with Gasteiger partial charge in [-0.1, -0.05) is 52.9 Å². The molecule has 0 aromatic heterocycles. The number of sulfonamides is 1. The molecule has 0 spiro atoms. The molecule has 230 valence electrons. The standard InChI is InChI=1S/C27H49N5O7S/c1-26(2,3)21(17-31(4)40(5,38)39)29-25(37)28-19-13-10-8-6-7-9-12-18-16-27(18,24(35)36)30-22(33)20-14-11-15-32(20)23(19)34/h18-22,30,33H,6-17H2,1-5H3,(H,35,36)(H2,28,29,37)/t18?,19-,20-,21?,22?,27+/m0/s1. The van der Waals surface area contributed by atoms with Crippen molar-refractivity contribution in [3.63, 3.8) is 0 Å². The van der Waals surface area contributed by atoms with Crippen molar-refractivity contribution in [2.45, 2.75) is 115 Å². The lowest BCUT2D eigenvalue weighted by Gasteiger charge is -2.35. The zero-order valence-corrected chi connectivity index (χ0v) is 25.4. The Balaban J connectivity index is 1.76. The maximum absolute atomic E-state index is 13.8. The average Bonchev–Trinajstić information content (AvgIpc) is 3.30. The van der Waals surface area contributed by atoms with Crippen molar-refractivity contribution in [1.82, 2.24) is 25.2 Å². The smallest absolute Gasteiger partial charge is 0.324 e. The Kier molecular flexibility index (Phi) is 10.5. The Hall–Kier alpha value is -1.96. The molecule has 3 fully saturated rings. The minimum atomic E-state index is -3.45. The van der Waals surface area contributed by atoms with Gasteiger partial charge in [0, 0.05) is 26.2 Å². The number of nitrogens with one attached hydrogen (secondary N) is 3. The monoisotopic (exact) mass is 587 g/mol. The molecule has 6 atom stereocenters. The van der Waals surface area contributed by atoms with E-state index in [1.54, 1.807) is 4.90 Å². The first-order chi connectivity index (χ1) is 18.6. The minimum Gasteiger partial charge on any atom is -0.480 e. The number of aliphatic carboxylic acids is 1. The average molecular weight is 588 g/mol. The van der Waals surface area contributed by atoms with Crippen LogP contribution in [0.15, 0.2) is 0 Å². The second-order valence-electron chi connectivity index (χ2n) is 13.0. The maximum atomic E-state index is 13.8. The predicted molar refractivity (Wildman–Crippen MR) is 151 cm³/mol. The quantitative estimate of drug-likeness (QED) is 0.311. The number of carbonyl (C=O) groups excluding carboxylic acids is 2. The highest BCUT2D eigenvalue weighted by Gasteiger charge is 2.61. The number of nitrogens with zero attached hydrogens (tertiary/aromatic N) is 2. The van der Waals surface area contributed by atoms with Crippen molar-refractivity contribution in [2.24, 2.45) is 11.3 Å². The third kappa shape index (κ3) is 8.07. The van der Waals surface area contributed by atoms with Crippen molar-refractivity contribution >= 4 is 27.9 Å². The van der Waals surface area contributed by atoms with Gasteiger partial charge in [0.1, 0.15) is 17.8 Å². The van der Waals surface area contributed by atoms with Crippen molar-refractivity contribution in [2.75, 3.05) is 26.4 Å². The van der Waals surface area contributed by atoms with E-state index in [9.17, 15) is 33.0 Å². The molecule has 2 saturated heterocycles. The Morgan fingerprint density at radius 1 is 1.12 bits per heavy atom. The predicted octanol–water partition coefficient (Wildman–Crippen LogP) is 1.45. The van der Waals surface area contributed by atoms with Crippen LogP contribution in [0.25, 0.3) is 0 Å². The first kappa shape index (κ1) is 32.6. The van der Waals surface area contributed by atoms with Crippen LogP contribution in [0.1, 0.15) is 85.0 Å². The third-order valence-corrected chi connectivity index (χ3v) is 10.1. The van der Waals surface area contributed by atoms with Gasteiger partial charge in [-0.25, -0.2) is 17.5 Å². The number of hydrogen-bond acceptors (Lipinski definition) is 7. The van der Waals surface area contributed by atoms with Gasteiger partial charge in [0.15, 0.2) is 0 Å². The summed E-state index contributed by atoms with van der Waals surface area (Å²) in [5, 5.41) is 29.7. The molecular formula is C27H49N5O7S. The number of carbonyl (C=O) groups is 3. The Labute approximate surface area is 238 Å². The lowest BCUT2D eigenvalue weighted by molar-refractivity contribution is -0.143. The number of fused-ring (bicyclic) bond motifs is 2. The topological polar surface area (TPSA) is 168 Å². The Morgan fingerprint density at radius 3 is 2.35 bits per heavy atom. The second-order valence-corrected chi connectivity index (χ2v) is 15.1. The number of aliphatic hydroxyl groups excluding tert-OH is 1. The van der Waals surface area contributed by atoms with Crippen LogP contribution < -0.4 is 16.0 Å². The van der Waals surface area contributed by atoms with E-state index < -0.39 is 57.3 Å². The van der Waals surface area contributed by atoms with Crippen molar-refractivity contribution in [3.8, 4) is 0 Å². The number of aliphatic hydroxyl groups is 1. The first-order valence-electron chi connectivity index (χ1n) is 14.5. The minimum absolute atomic E-state index is 0.0362. The van der Waals surface area contributed by atoms with E-state index in [1.165, 1.54) is 11.4 Å². The SMILES string of the molecule is CN(CC(NC(=O)N[C@H]1CCCCCCCC2C[C@@]2(C(=O)O)NC(O)[C@@H]2CCCN2C1=O)C(C)(C)C)S(C)(=O)=O. The van der Waals surface area contributed by atoms with Crippen molar-refractivity contribution in [1.29, 1.82) is 0 Å². The Morgan fingerprint density at radius 2 is 1.75 bits per heavy atom. The molecule has 3 aliphatic rings. The summed E-state index contributed by atoms with van der Waals surface area (Å²) in [6.07, 6.45) is 7.24. The van der Waals surface area contributed by atoms with E-state index in [-0.39, 0.29) is 18.4 Å². The summed E-state index contributed by atoms with van der Waals surface area (Å²) in [5.74, 6) is -1.31. The van der Waals surface area contributed by atoms with Crippen molar-refractivity contribution < 1.29 is 33.0 Å². The molecular weight excluding hydrogens is 538 g/mol. The lowest BCUT2D eigenvalue weighted by Crippen LogP contribution is -2.60. The van der Waals surface area contributed by atoms with E-state index in [2.05, 4.69) is 16.0 Å². The normalized spacial score (nSPS) is 31.4. The number of amides is 3. The first-order valence-corrected chi connectivity index (χ1v) is 16.4. The third-order valence-electron chi connectivity index (χ3n) is 8.84. The van der Waals surface area contributed by atoms with Gasteiger partial charge in [-0.05, 0) is 43.4 Å². The summed E-state index contributed by atoms with van der Waals surface area (Å²) in [5.41, 5.74) is -1.62. The largest absolute Gasteiger partial charge is 0.480 e. The molecule has 2 aliphatic heterocycles. The summed E-state index contributed by atoms with van der Waals surface area (Å²) in [6.45, 7) is 6.20. The molecule has 0 aromatic carbocycles. The molecule has 0 bridgehead atoms. The van der Waals surface area contributed by atoms with Gasteiger partial charge in [-0.3, -0.25) is 14.9 Å². The lowest BCUT2D eigenvalue weighted by atomic mass is 9.87. The van der Waals surface area contributed by atoms with Gasteiger partial charge < -0.3 is 25.7 Å². The highest BCUT2D eigenvalue weighted by atomic mass is 32.2. The van der Waals surface area contributed by atoms with Crippen LogP contribution in [0.2, 0.25) is 0 Å². The molecule has 1 saturated carbocycles. The van der Waals surface area contributed by atoms with Crippen LogP contribution in [-0.2, 0) is 19.6 Å². The second kappa shape index (κ2) is 12.9. The molecule has 3 amide bonds. The number of hydrogen-bond donors (Lipinski definition) is 5. The fourth-order valence-electron chi connectivity index (χ4n) is 5.95. The number of rotatable bonds is 6. The molecule has 0 aromatic rings. The highest BCUT2D eigenvalue weighted by molar-refractivity contribution is 7.88.